The topological polar surface area (TPSA) is 3.24 Å². The van der Waals surface area contributed by atoms with Crippen molar-refractivity contribution in [1.82, 2.24) is 0 Å². The van der Waals surface area contributed by atoms with E-state index >= 15 is 0 Å². The van der Waals surface area contributed by atoms with Crippen LogP contribution in [-0.4, -0.2) is 0 Å². The molecular formula is C57H41N. The van der Waals surface area contributed by atoms with Gasteiger partial charge < -0.3 is 4.90 Å². The molecule has 10 aromatic rings. The molecule has 0 N–H and O–H groups in total. The van der Waals surface area contributed by atoms with E-state index in [0.717, 1.165) is 17.1 Å². The molecule has 0 heterocycles. The summed E-state index contributed by atoms with van der Waals surface area (Å²) in [6.07, 6.45) is 0. The number of fused-ring (bicyclic) bond motifs is 6. The Hall–Kier alpha value is -7.22. The van der Waals surface area contributed by atoms with Gasteiger partial charge >= 0.3 is 0 Å². The molecule has 0 fully saturated rings. The van der Waals surface area contributed by atoms with Crippen LogP contribution < -0.4 is 4.90 Å². The SMILES string of the molecule is CC1(C)c2ccccc2-c2cccc(-c3ccc(N(c4cc(-c5cccc6ccccc56)ccc4-c4cccc5ccccc45)c4cccc5ccccc45)cc3)c21. The molecule has 0 spiro atoms. The lowest BCUT2D eigenvalue weighted by Crippen LogP contribution is -2.16. The van der Waals surface area contributed by atoms with Gasteiger partial charge in [0, 0.05) is 22.1 Å². The van der Waals surface area contributed by atoms with Gasteiger partial charge in [0.25, 0.3) is 0 Å². The van der Waals surface area contributed by atoms with Gasteiger partial charge in [-0.2, -0.15) is 0 Å². The number of rotatable bonds is 6. The zero-order valence-corrected chi connectivity index (χ0v) is 32.7. The van der Waals surface area contributed by atoms with Gasteiger partial charge in [0.1, 0.15) is 0 Å². The zero-order chi connectivity index (χ0) is 38.8. The molecule has 0 aliphatic heterocycles. The predicted octanol–water partition coefficient (Wildman–Crippen LogP) is 15.9. The van der Waals surface area contributed by atoms with Crippen LogP contribution in [0.2, 0.25) is 0 Å². The maximum absolute atomic E-state index is 2.49. The van der Waals surface area contributed by atoms with Crippen molar-refractivity contribution in [2.24, 2.45) is 0 Å². The summed E-state index contributed by atoms with van der Waals surface area (Å²) in [5.74, 6) is 0. The highest BCUT2D eigenvalue weighted by molar-refractivity contribution is 6.06. The number of benzene rings is 10. The molecule has 274 valence electrons. The molecule has 0 radical (unpaired) electrons. The molecule has 1 aliphatic rings. The lowest BCUT2D eigenvalue weighted by Gasteiger charge is -2.30. The summed E-state index contributed by atoms with van der Waals surface area (Å²) in [7, 11) is 0. The third-order valence-electron chi connectivity index (χ3n) is 12.4. The van der Waals surface area contributed by atoms with Crippen molar-refractivity contribution >= 4 is 49.4 Å². The highest BCUT2D eigenvalue weighted by Gasteiger charge is 2.37. The molecule has 0 saturated carbocycles. The maximum Gasteiger partial charge on any atom is 0.0546 e. The Labute approximate surface area is 340 Å². The van der Waals surface area contributed by atoms with Crippen LogP contribution >= 0.6 is 0 Å². The van der Waals surface area contributed by atoms with E-state index in [4.69, 9.17) is 0 Å². The number of hydrogen-bond donors (Lipinski definition) is 0. The van der Waals surface area contributed by atoms with Crippen molar-refractivity contribution in [3.05, 3.63) is 223 Å². The third-order valence-corrected chi connectivity index (χ3v) is 12.4. The van der Waals surface area contributed by atoms with Crippen LogP contribution in [0.25, 0.3) is 76.8 Å². The Balaban J connectivity index is 1.16. The Morgan fingerprint density at radius 1 is 0.328 bits per heavy atom. The summed E-state index contributed by atoms with van der Waals surface area (Å²) in [5.41, 5.74) is 16.0. The minimum Gasteiger partial charge on any atom is -0.309 e. The van der Waals surface area contributed by atoms with Gasteiger partial charge in [-0.1, -0.05) is 202 Å². The van der Waals surface area contributed by atoms with E-state index in [-0.39, 0.29) is 5.41 Å². The van der Waals surface area contributed by atoms with Gasteiger partial charge in [-0.15, -0.1) is 0 Å². The molecule has 1 heteroatoms. The van der Waals surface area contributed by atoms with E-state index in [1.165, 1.54) is 88.0 Å². The van der Waals surface area contributed by atoms with Gasteiger partial charge in [-0.05, 0) is 101 Å². The van der Waals surface area contributed by atoms with Crippen LogP contribution in [0.3, 0.4) is 0 Å². The molecule has 0 atom stereocenters. The highest BCUT2D eigenvalue weighted by atomic mass is 15.1. The first kappa shape index (κ1) is 34.1. The summed E-state index contributed by atoms with van der Waals surface area (Å²) in [6.45, 7) is 4.74. The largest absolute Gasteiger partial charge is 0.309 e. The average Bonchev–Trinajstić information content (AvgIpc) is 3.52. The first-order chi connectivity index (χ1) is 28.5. The van der Waals surface area contributed by atoms with Crippen LogP contribution in [0.15, 0.2) is 212 Å². The summed E-state index contributed by atoms with van der Waals surface area (Å²) < 4.78 is 0. The van der Waals surface area contributed by atoms with Crippen molar-refractivity contribution in [3.8, 4) is 44.5 Å². The van der Waals surface area contributed by atoms with Gasteiger partial charge in [-0.3, -0.25) is 0 Å². The minimum atomic E-state index is -0.106. The molecule has 58 heavy (non-hydrogen) atoms. The monoisotopic (exact) mass is 739 g/mol. The minimum absolute atomic E-state index is 0.106. The van der Waals surface area contributed by atoms with Crippen LogP contribution in [-0.2, 0) is 5.41 Å². The second-order valence-corrected chi connectivity index (χ2v) is 16.1. The summed E-state index contributed by atoms with van der Waals surface area (Å²) >= 11 is 0. The maximum atomic E-state index is 2.49. The second kappa shape index (κ2) is 13.5. The molecule has 0 amide bonds. The van der Waals surface area contributed by atoms with E-state index in [2.05, 4.69) is 231 Å². The lowest BCUT2D eigenvalue weighted by molar-refractivity contribution is 0.662. The molecule has 0 unspecified atom stereocenters. The smallest absolute Gasteiger partial charge is 0.0546 e. The fourth-order valence-corrected chi connectivity index (χ4v) is 9.74. The second-order valence-electron chi connectivity index (χ2n) is 16.1. The Bertz CT molecular complexity index is 3190. The summed E-state index contributed by atoms with van der Waals surface area (Å²) in [6, 6.07) is 78.3. The Kier molecular flexibility index (Phi) is 7.91. The summed E-state index contributed by atoms with van der Waals surface area (Å²) in [5, 5.41) is 7.36. The fourth-order valence-electron chi connectivity index (χ4n) is 9.74. The number of anilines is 3. The standard InChI is InChI=1S/C57H41N/c1-57(2)53-29-10-9-24-50(53)52-28-14-26-48(56(52)57)41-31-34-43(35-32-41)58(54-30-13-20-40-17-5-8-23-47(40)54)55-37-42(46-25-11-18-38-15-3-6-21-44(38)46)33-36-51(55)49-27-12-19-39-16-4-7-22-45(39)49/h3-37H,1-2H3. The van der Waals surface area contributed by atoms with E-state index in [9.17, 15) is 0 Å². The molecule has 11 rings (SSSR count). The van der Waals surface area contributed by atoms with Gasteiger partial charge in [0.2, 0.25) is 0 Å². The number of nitrogens with zero attached hydrogens (tertiary/aromatic N) is 1. The Morgan fingerprint density at radius 3 is 1.57 bits per heavy atom. The van der Waals surface area contributed by atoms with Crippen LogP contribution in [0.1, 0.15) is 25.0 Å². The van der Waals surface area contributed by atoms with Crippen molar-refractivity contribution in [3.63, 3.8) is 0 Å². The van der Waals surface area contributed by atoms with E-state index in [1.54, 1.807) is 0 Å². The molecule has 10 aromatic carbocycles. The van der Waals surface area contributed by atoms with E-state index < -0.39 is 0 Å². The van der Waals surface area contributed by atoms with E-state index in [1.807, 2.05) is 0 Å². The number of hydrogen-bond acceptors (Lipinski definition) is 1. The van der Waals surface area contributed by atoms with Crippen molar-refractivity contribution in [2.75, 3.05) is 4.90 Å². The van der Waals surface area contributed by atoms with Crippen LogP contribution in [0.5, 0.6) is 0 Å². The summed E-state index contributed by atoms with van der Waals surface area (Å²) in [4.78, 5) is 2.49. The van der Waals surface area contributed by atoms with E-state index in [0.29, 0.717) is 0 Å². The van der Waals surface area contributed by atoms with Gasteiger partial charge in [-0.25, -0.2) is 0 Å². The average molecular weight is 740 g/mol. The molecule has 1 aliphatic carbocycles. The van der Waals surface area contributed by atoms with Crippen molar-refractivity contribution < 1.29 is 0 Å². The molecule has 1 nitrogen and oxygen atoms in total. The zero-order valence-electron chi connectivity index (χ0n) is 32.7. The third kappa shape index (κ3) is 5.39. The quantitative estimate of drug-likeness (QED) is 0.164. The van der Waals surface area contributed by atoms with Gasteiger partial charge in [0.05, 0.1) is 11.4 Å². The van der Waals surface area contributed by atoms with Crippen LogP contribution in [0.4, 0.5) is 17.1 Å². The molecule has 0 saturated heterocycles. The first-order valence-corrected chi connectivity index (χ1v) is 20.3. The van der Waals surface area contributed by atoms with Crippen molar-refractivity contribution in [2.45, 2.75) is 19.3 Å². The first-order valence-electron chi connectivity index (χ1n) is 20.3. The van der Waals surface area contributed by atoms with Crippen LogP contribution in [0, 0.1) is 0 Å². The van der Waals surface area contributed by atoms with Gasteiger partial charge in [0.15, 0.2) is 0 Å². The molecule has 0 bridgehead atoms. The predicted molar refractivity (Wildman–Crippen MR) is 248 cm³/mol. The van der Waals surface area contributed by atoms with Crippen molar-refractivity contribution in [1.29, 1.82) is 0 Å². The molecular weight excluding hydrogens is 699 g/mol. The Morgan fingerprint density at radius 2 is 0.828 bits per heavy atom. The lowest BCUT2D eigenvalue weighted by atomic mass is 9.79. The fraction of sp³-hybridized carbons (Fsp3) is 0.0526. The molecule has 0 aromatic heterocycles. The normalized spacial score (nSPS) is 12.8. The highest BCUT2D eigenvalue weighted by Crippen LogP contribution is 2.53.